The lowest BCUT2D eigenvalue weighted by molar-refractivity contribution is -0.112. The first-order valence-corrected chi connectivity index (χ1v) is 5.09. The van der Waals surface area contributed by atoms with E-state index in [0.717, 1.165) is 18.4 Å². The van der Waals surface area contributed by atoms with E-state index in [0.29, 0.717) is 5.33 Å². The van der Waals surface area contributed by atoms with Crippen LogP contribution in [0, 0.1) is 0 Å². The highest BCUT2D eigenvalue weighted by Gasteiger charge is 2.03. The predicted octanol–water partition coefficient (Wildman–Crippen LogP) is 2.78. The maximum Gasteiger partial charge on any atom is 0.173 e. The lowest BCUT2D eigenvalue weighted by atomic mass is 10.1. The van der Waals surface area contributed by atoms with Crippen LogP contribution in [0.5, 0.6) is 0 Å². The number of alkyl halides is 1. The molecule has 0 amide bonds. The zero-order chi connectivity index (χ0) is 8.81. The van der Waals surface area contributed by atoms with Gasteiger partial charge in [0.25, 0.3) is 0 Å². The van der Waals surface area contributed by atoms with Crippen molar-refractivity contribution in [1.29, 1.82) is 0 Å². The molecule has 0 aromatic rings. The van der Waals surface area contributed by atoms with Crippen molar-refractivity contribution in [2.24, 2.45) is 0 Å². The van der Waals surface area contributed by atoms with Gasteiger partial charge in [-0.1, -0.05) is 46.3 Å². The second-order valence-corrected chi connectivity index (χ2v) is 3.14. The summed E-state index contributed by atoms with van der Waals surface area (Å²) >= 11 is 3.15. The zero-order valence-corrected chi connectivity index (χ0v) is 8.38. The number of halogens is 1. The van der Waals surface area contributed by atoms with E-state index in [9.17, 15) is 4.79 Å². The highest BCUT2D eigenvalue weighted by Crippen LogP contribution is 2.08. The van der Waals surface area contributed by atoms with E-state index in [2.05, 4.69) is 22.0 Å². The number of carbonyl (C=O) groups is 1. The van der Waals surface area contributed by atoms with Crippen molar-refractivity contribution in [2.45, 2.75) is 12.8 Å². The van der Waals surface area contributed by atoms with Gasteiger partial charge in [-0.05, 0) is 12.8 Å². The summed E-state index contributed by atoms with van der Waals surface area (Å²) in [5.74, 6) is 0.154. The first-order chi connectivity index (χ1) is 5.84. The first kappa shape index (κ1) is 9.46. The van der Waals surface area contributed by atoms with Gasteiger partial charge < -0.3 is 0 Å². The standard InChI is InChI=1S/C10H11BrO/c11-8-10(12)9-6-4-2-1-3-5-7-9/h1-2,4,6-7H,3,5,8H2/b2-1+,6-4-,9-7+. The second-order valence-electron chi connectivity index (χ2n) is 2.58. The Morgan fingerprint density at radius 1 is 1.42 bits per heavy atom. The third kappa shape index (κ3) is 2.78. The molecule has 64 valence electrons. The van der Waals surface area contributed by atoms with Gasteiger partial charge in [0.15, 0.2) is 5.78 Å². The van der Waals surface area contributed by atoms with Crippen LogP contribution in [-0.4, -0.2) is 11.1 Å². The Morgan fingerprint density at radius 2 is 2.25 bits per heavy atom. The van der Waals surface area contributed by atoms with Gasteiger partial charge >= 0.3 is 0 Å². The number of Topliss-reactive ketones (excluding diaryl/α,β-unsaturated/α-hetero) is 1. The number of hydrogen-bond donors (Lipinski definition) is 0. The van der Waals surface area contributed by atoms with Crippen molar-refractivity contribution >= 4 is 21.7 Å². The molecule has 0 aromatic carbocycles. The van der Waals surface area contributed by atoms with Crippen molar-refractivity contribution in [2.75, 3.05) is 5.33 Å². The summed E-state index contributed by atoms with van der Waals surface area (Å²) in [7, 11) is 0. The minimum atomic E-state index is 0.154. The average Bonchev–Trinajstić information content (AvgIpc) is 2.02. The maximum atomic E-state index is 11.2. The molecular formula is C10H11BrO. The number of ketones is 1. The van der Waals surface area contributed by atoms with Gasteiger partial charge in [0.05, 0.1) is 5.33 Å². The van der Waals surface area contributed by atoms with Crippen LogP contribution in [0.2, 0.25) is 0 Å². The molecule has 1 nitrogen and oxygen atoms in total. The van der Waals surface area contributed by atoms with Gasteiger partial charge in [0.2, 0.25) is 0 Å². The fourth-order valence-electron chi connectivity index (χ4n) is 1.02. The molecule has 0 aliphatic heterocycles. The van der Waals surface area contributed by atoms with Crippen LogP contribution >= 0.6 is 15.9 Å². The summed E-state index contributed by atoms with van der Waals surface area (Å²) < 4.78 is 0. The van der Waals surface area contributed by atoms with E-state index in [1.807, 2.05) is 24.3 Å². The van der Waals surface area contributed by atoms with Crippen LogP contribution in [0.25, 0.3) is 0 Å². The van der Waals surface area contributed by atoms with Crippen molar-refractivity contribution < 1.29 is 4.79 Å². The van der Waals surface area contributed by atoms with Crippen LogP contribution < -0.4 is 0 Å². The van der Waals surface area contributed by atoms with Gasteiger partial charge in [-0.2, -0.15) is 0 Å². The predicted molar refractivity (Wildman–Crippen MR) is 54.4 cm³/mol. The summed E-state index contributed by atoms with van der Waals surface area (Å²) in [5, 5.41) is 0.410. The van der Waals surface area contributed by atoms with Crippen LogP contribution in [-0.2, 0) is 4.79 Å². The van der Waals surface area contributed by atoms with Crippen LogP contribution in [0.3, 0.4) is 0 Å². The quantitative estimate of drug-likeness (QED) is 0.663. The molecule has 0 unspecified atom stereocenters. The lowest BCUT2D eigenvalue weighted by Crippen LogP contribution is -2.01. The Hall–Kier alpha value is -0.630. The van der Waals surface area contributed by atoms with E-state index in [-0.39, 0.29) is 5.78 Å². The molecule has 2 heteroatoms. The van der Waals surface area contributed by atoms with Gasteiger partial charge in [-0.25, -0.2) is 0 Å². The third-order valence-electron chi connectivity index (χ3n) is 1.66. The molecule has 12 heavy (non-hydrogen) atoms. The fraction of sp³-hybridized carbons (Fsp3) is 0.300. The Bertz CT molecular complexity index is 249. The molecule has 0 heterocycles. The highest BCUT2D eigenvalue weighted by atomic mass is 79.9. The molecule has 0 bridgehead atoms. The van der Waals surface area contributed by atoms with Gasteiger partial charge in [0, 0.05) is 5.57 Å². The second kappa shape index (κ2) is 5.09. The molecule has 0 atom stereocenters. The van der Waals surface area contributed by atoms with Crippen LogP contribution in [0.15, 0.2) is 36.0 Å². The first-order valence-electron chi connectivity index (χ1n) is 3.97. The molecule has 0 spiro atoms. The number of allylic oxidation sites excluding steroid dienone is 6. The van der Waals surface area contributed by atoms with E-state index in [1.54, 1.807) is 0 Å². The smallest absolute Gasteiger partial charge is 0.173 e. The molecule has 0 saturated carbocycles. The molecule has 1 rings (SSSR count). The molecule has 0 radical (unpaired) electrons. The summed E-state index contributed by atoms with van der Waals surface area (Å²) in [5.41, 5.74) is 0.816. The monoisotopic (exact) mass is 226 g/mol. The fourth-order valence-corrected chi connectivity index (χ4v) is 1.34. The Labute approximate surface area is 81.0 Å². The number of carbonyl (C=O) groups excluding carboxylic acids is 1. The Kier molecular flexibility index (Phi) is 4.01. The van der Waals surface area contributed by atoms with E-state index < -0.39 is 0 Å². The van der Waals surface area contributed by atoms with Crippen molar-refractivity contribution in [3.05, 3.63) is 36.0 Å². The Balaban J connectivity index is 2.74. The molecule has 1 aliphatic rings. The summed E-state index contributed by atoms with van der Waals surface area (Å²) in [6.45, 7) is 0. The number of hydrogen-bond acceptors (Lipinski definition) is 1. The molecule has 1 aliphatic carbocycles. The molecular weight excluding hydrogens is 216 g/mol. The van der Waals surface area contributed by atoms with Crippen molar-refractivity contribution in [3.8, 4) is 0 Å². The molecule has 0 saturated heterocycles. The van der Waals surface area contributed by atoms with Crippen molar-refractivity contribution in [3.63, 3.8) is 0 Å². The molecule has 0 N–H and O–H groups in total. The molecule has 0 fully saturated rings. The van der Waals surface area contributed by atoms with Crippen molar-refractivity contribution in [1.82, 2.24) is 0 Å². The maximum absolute atomic E-state index is 11.2. The van der Waals surface area contributed by atoms with Gasteiger partial charge in [-0.3, -0.25) is 4.79 Å². The SMILES string of the molecule is O=C(CBr)C1=C/CC/C=C/C=C\1. The summed E-state index contributed by atoms with van der Waals surface area (Å²) in [6, 6.07) is 0. The van der Waals surface area contributed by atoms with E-state index in [4.69, 9.17) is 0 Å². The van der Waals surface area contributed by atoms with Crippen LogP contribution in [0.1, 0.15) is 12.8 Å². The topological polar surface area (TPSA) is 17.1 Å². The minimum absolute atomic E-state index is 0.154. The Morgan fingerprint density at radius 3 is 3.00 bits per heavy atom. The number of rotatable bonds is 2. The highest BCUT2D eigenvalue weighted by molar-refractivity contribution is 9.09. The normalized spacial score (nSPS) is 26.2. The summed E-state index contributed by atoms with van der Waals surface area (Å²) in [4.78, 5) is 11.2. The van der Waals surface area contributed by atoms with E-state index in [1.165, 1.54) is 0 Å². The molecule has 0 aromatic heterocycles. The lowest BCUT2D eigenvalue weighted by Gasteiger charge is -1.99. The zero-order valence-electron chi connectivity index (χ0n) is 6.79. The average molecular weight is 227 g/mol. The summed E-state index contributed by atoms with van der Waals surface area (Å²) in [6.07, 6.45) is 11.8. The minimum Gasteiger partial charge on any atom is -0.293 e. The third-order valence-corrected chi connectivity index (χ3v) is 2.17. The van der Waals surface area contributed by atoms with Gasteiger partial charge in [0.1, 0.15) is 0 Å². The van der Waals surface area contributed by atoms with E-state index >= 15 is 0 Å². The largest absolute Gasteiger partial charge is 0.293 e. The van der Waals surface area contributed by atoms with Gasteiger partial charge in [-0.15, -0.1) is 0 Å². The van der Waals surface area contributed by atoms with Crippen LogP contribution in [0.4, 0.5) is 0 Å².